The molecule has 3 atom stereocenters. The van der Waals surface area contributed by atoms with Crippen LogP contribution < -0.4 is 5.73 Å². The van der Waals surface area contributed by atoms with Gasteiger partial charge in [0.2, 0.25) is 0 Å². The Morgan fingerprint density at radius 3 is 2.47 bits per heavy atom. The normalized spacial score (nSPS) is 27.6. The lowest BCUT2D eigenvalue weighted by atomic mass is 10.0. The lowest BCUT2D eigenvalue weighted by molar-refractivity contribution is 0.243. The number of nitrogens with zero attached hydrogens (tertiary/aromatic N) is 1. The molecule has 0 radical (unpaired) electrons. The molecule has 3 unspecified atom stereocenters. The summed E-state index contributed by atoms with van der Waals surface area (Å²) in [6, 6.07) is 2.64. The molecular formula is C13H21BrN2S. The Balaban J connectivity index is 2.17. The standard InChI is InChI=1S/C13H21BrN2S/c1-8-6-16(7-9(8)2)12(5-15)13-4-11(14)10(3)17-13/h4,8-9,12H,5-7,15H2,1-3H3. The molecule has 1 saturated heterocycles. The molecule has 2 N–H and O–H groups in total. The Morgan fingerprint density at radius 2 is 2.06 bits per heavy atom. The Bertz CT molecular complexity index is 361. The van der Waals surface area contributed by atoms with E-state index >= 15 is 0 Å². The highest BCUT2D eigenvalue weighted by atomic mass is 79.9. The predicted octanol–water partition coefficient (Wildman–Crippen LogP) is 3.41. The number of hydrogen-bond donors (Lipinski definition) is 1. The molecule has 0 bridgehead atoms. The number of likely N-dealkylation sites (tertiary alicyclic amines) is 1. The Labute approximate surface area is 116 Å². The van der Waals surface area contributed by atoms with E-state index in [1.807, 2.05) is 11.3 Å². The van der Waals surface area contributed by atoms with Crippen molar-refractivity contribution in [2.24, 2.45) is 17.6 Å². The van der Waals surface area contributed by atoms with Crippen molar-refractivity contribution in [3.63, 3.8) is 0 Å². The van der Waals surface area contributed by atoms with E-state index in [1.165, 1.54) is 27.3 Å². The Kier molecular flexibility index (Phi) is 4.29. The average Bonchev–Trinajstić information content (AvgIpc) is 2.75. The lowest BCUT2D eigenvalue weighted by Crippen LogP contribution is -2.31. The molecule has 0 aliphatic carbocycles. The van der Waals surface area contributed by atoms with Gasteiger partial charge in [0.15, 0.2) is 0 Å². The van der Waals surface area contributed by atoms with Crippen molar-refractivity contribution in [1.29, 1.82) is 0 Å². The minimum atomic E-state index is 0.400. The first-order valence-corrected chi connectivity index (χ1v) is 7.83. The van der Waals surface area contributed by atoms with Crippen molar-refractivity contribution in [2.45, 2.75) is 26.8 Å². The van der Waals surface area contributed by atoms with Crippen LogP contribution in [0.2, 0.25) is 0 Å². The quantitative estimate of drug-likeness (QED) is 0.926. The first-order valence-electron chi connectivity index (χ1n) is 6.22. The molecule has 17 heavy (non-hydrogen) atoms. The maximum atomic E-state index is 5.98. The van der Waals surface area contributed by atoms with E-state index in [9.17, 15) is 0 Å². The molecule has 1 aliphatic heterocycles. The Hall–Kier alpha value is 0.100. The summed E-state index contributed by atoms with van der Waals surface area (Å²) < 4.78 is 1.22. The molecule has 1 aliphatic rings. The molecule has 4 heteroatoms. The van der Waals surface area contributed by atoms with E-state index in [-0.39, 0.29) is 0 Å². The number of aryl methyl sites for hydroxylation is 1. The van der Waals surface area contributed by atoms with Crippen LogP contribution in [-0.2, 0) is 0 Å². The van der Waals surface area contributed by atoms with Crippen molar-refractivity contribution in [3.8, 4) is 0 Å². The zero-order chi connectivity index (χ0) is 12.6. The second-order valence-electron chi connectivity index (χ2n) is 5.21. The number of halogens is 1. The molecule has 0 aromatic carbocycles. The fourth-order valence-corrected chi connectivity index (χ4v) is 4.23. The van der Waals surface area contributed by atoms with Crippen LogP contribution in [0.3, 0.4) is 0 Å². The largest absolute Gasteiger partial charge is 0.329 e. The molecular weight excluding hydrogens is 296 g/mol. The Morgan fingerprint density at radius 1 is 1.47 bits per heavy atom. The van der Waals surface area contributed by atoms with Crippen LogP contribution in [0, 0.1) is 18.8 Å². The van der Waals surface area contributed by atoms with Gasteiger partial charge in [-0.3, -0.25) is 4.90 Å². The molecule has 0 amide bonds. The highest BCUT2D eigenvalue weighted by molar-refractivity contribution is 9.10. The summed E-state index contributed by atoms with van der Waals surface area (Å²) in [6.07, 6.45) is 0. The van der Waals surface area contributed by atoms with E-state index in [2.05, 4.69) is 47.7 Å². The van der Waals surface area contributed by atoms with Crippen LogP contribution >= 0.6 is 27.3 Å². The maximum absolute atomic E-state index is 5.98. The van der Waals surface area contributed by atoms with Crippen LogP contribution in [-0.4, -0.2) is 24.5 Å². The fraction of sp³-hybridized carbons (Fsp3) is 0.692. The topological polar surface area (TPSA) is 29.3 Å². The maximum Gasteiger partial charge on any atom is 0.0565 e. The van der Waals surface area contributed by atoms with Gasteiger partial charge in [0.05, 0.1) is 6.04 Å². The van der Waals surface area contributed by atoms with Gasteiger partial charge in [0.25, 0.3) is 0 Å². The second-order valence-corrected chi connectivity index (χ2v) is 7.36. The molecule has 2 heterocycles. The summed E-state index contributed by atoms with van der Waals surface area (Å²) in [5.41, 5.74) is 5.98. The van der Waals surface area contributed by atoms with E-state index in [0.717, 1.165) is 11.8 Å². The van der Waals surface area contributed by atoms with Gasteiger partial charge in [-0.25, -0.2) is 0 Å². The van der Waals surface area contributed by atoms with Crippen molar-refractivity contribution in [2.75, 3.05) is 19.6 Å². The summed E-state index contributed by atoms with van der Waals surface area (Å²) in [5, 5.41) is 0. The zero-order valence-electron chi connectivity index (χ0n) is 10.7. The first-order chi connectivity index (χ1) is 8.02. The molecule has 96 valence electrons. The van der Waals surface area contributed by atoms with Crippen molar-refractivity contribution in [3.05, 3.63) is 20.3 Å². The molecule has 0 spiro atoms. The summed E-state index contributed by atoms with van der Waals surface area (Å²) in [4.78, 5) is 5.30. The number of nitrogens with two attached hydrogens (primary N) is 1. The van der Waals surface area contributed by atoms with E-state index < -0.39 is 0 Å². The van der Waals surface area contributed by atoms with Crippen LogP contribution in [0.1, 0.15) is 29.6 Å². The van der Waals surface area contributed by atoms with Crippen LogP contribution in [0.15, 0.2) is 10.5 Å². The molecule has 1 aromatic heterocycles. The summed E-state index contributed by atoms with van der Waals surface area (Å²) in [5.74, 6) is 1.57. The van der Waals surface area contributed by atoms with Gasteiger partial charge in [0.1, 0.15) is 0 Å². The second kappa shape index (κ2) is 5.39. The van der Waals surface area contributed by atoms with Gasteiger partial charge >= 0.3 is 0 Å². The number of rotatable bonds is 3. The predicted molar refractivity (Wildman–Crippen MR) is 78.5 cm³/mol. The zero-order valence-corrected chi connectivity index (χ0v) is 13.1. The number of thiophene rings is 1. The van der Waals surface area contributed by atoms with E-state index in [4.69, 9.17) is 5.73 Å². The average molecular weight is 317 g/mol. The minimum absolute atomic E-state index is 0.400. The molecule has 1 aromatic rings. The highest BCUT2D eigenvalue weighted by Crippen LogP contribution is 2.36. The summed E-state index contributed by atoms with van der Waals surface area (Å²) >= 11 is 5.46. The lowest BCUT2D eigenvalue weighted by Gasteiger charge is -2.25. The van der Waals surface area contributed by atoms with Gasteiger partial charge in [-0.15, -0.1) is 11.3 Å². The molecule has 0 saturated carbocycles. The van der Waals surface area contributed by atoms with Gasteiger partial charge in [-0.1, -0.05) is 13.8 Å². The highest BCUT2D eigenvalue weighted by Gasteiger charge is 2.31. The third-order valence-corrected chi connectivity index (χ3v) is 6.12. The van der Waals surface area contributed by atoms with Crippen LogP contribution in [0.5, 0.6) is 0 Å². The van der Waals surface area contributed by atoms with Crippen molar-refractivity contribution in [1.82, 2.24) is 4.90 Å². The van der Waals surface area contributed by atoms with Gasteiger partial charge < -0.3 is 5.73 Å². The first kappa shape index (κ1) is 13.5. The van der Waals surface area contributed by atoms with E-state index in [1.54, 1.807) is 0 Å². The van der Waals surface area contributed by atoms with Crippen LogP contribution in [0.4, 0.5) is 0 Å². The SMILES string of the molecule is Cc1sc(C(CN)N2CC(C)C(C)C2)cc1Br. The monoisotopic (exact) mass is 316 g/mol. The smallest absolute Gasteiger partial charge is 0.0565 e. The number of hydrogen-bond acceptors (Lipinski definition) is 3. The van der Waals surface area contributed by atoms with Crippen LogP contribution in [0.25, 0.3) is 0 Å². The minimum Gasteiger partial charge on any atom is -0.329 e. The molecule has 1 fully saturated rings. The third kappa shape index (κ3) is 2.75. The van der Waals surface area contributed by atoms with Gasteiger partial charge in [-0.2, -0.15) is 0 Å². The van der Waals surface area contributed by atoms with Gasteiger partial charge in [-0.05, 0) is 40.8 Å². The third-order valence-electron chi connectivity index (χ3n) is 3.89. The molecule has 2 rings (SSSR count). The van der Waals surface area contributed by atoms with Crippen molar-refractivity contribution >= 4 is 27.3 Å². The molecule has 2 nitrogen and oxygen atoms in total. The van der Waals surface area contributed by atoms with E-state index in [0.29, 0.717) is 12.6 Å². The fourth-order valence-electron chi connectivity index (χ4n) is 2.52. The van der Waals surface area contributed by atoms with Crippen molar-refractivity contribution < 1.29 is 0 Å². The van der Waals surface area contributed by atoms with Gasteiger partial charge in [0, 0.05) is 33.9 Å². The summed E-state index contributed by atoms with van der Waals surface area (Å²) in [6.45, 7) is 9.91. The summed E-state index contributed by atoms with van der Waals surface area (Å²) in [7, 11) is 0.